The number of hydrogen-bond acceptors (Lipinski definition) is 2. The number of rotatable bonds is 2. The maximum Gasteiger partial charge on any atom is 0.0643 e. The first kappa shape index (κ1) is 13.8. The van der Waals surface area contributed by atoms with Gasteiger partial charge in [-0.25, -0.2) is 0 Å². The van der Waals surface area contributed by atoms with E-state index in [4.69, 9.17) is 5.73 Å². The van der Waals surface area contributed by atoms with Crippen LogP contribution in [0.3, 0.4) is 0 Å². The number of aryl methyl sites for hydroxylation is 2. The highest BCUT2D eigenvalue weighted by molar-refractivity contribution is 5.86. The van der Waals surface area contributed by atoms with Crippen molar-refractivity contribution < 1.29 is 0 Å². The summed E-state index contributed by atoms with van der Waals surface area (Å²) in [6.45, 7) is 6.31. The van der Waals surface area contributed by atoms with Gasteiger partial charge in [0.15, 0.2) is 0 Å². The number of pyridine rings is 1. The minimum absolute atomic E-state index is 0.541. The van der Waals surface area contributed by atoms with E-state index in [1.807, 2.05) is 18.5 Å². The van der Waals surface area contributed by atoms with Crippen LogP contribution in [-0.2, 0) is 5.54 Å². The van der Waals surface area contributed by atoms with Gasteiger partial charge in [-0.3, -0.25) is 4.98 Å². The van der Waals surface area contributed by atoms with Gasteiger partial charge in [-0.1, -0.05) is 36.4 Å². The molecule has 0 aliphatic heterocycles. The van der Waals surface area contributed by atoms with Crippen molar-refractivity contribution >= 4 is 10.8 Å². The molecule has 0 aliphatic rings. The SMILES string of the molecule is Cc1ccc(C(C)(N)c2cccc3ccncc23)cc1C. The average Bonchev–Trinajstić information content (AvgIpc) is 2.49. The van der Waals surface area contributed by atoms with E-state index < -0.39 is 5.54 Å². The van der Waals surface area contributed by atoms with Crippen molar-refractivity contribution in [2.75, 3.05) is 0 Å². The lowest BCUT2D eigenvalue weighted by molar-refractivity contribution is 0.608. The molecule has 21 heavy (non-hydrogen) atoms. The van der Waals surface area contributed by atoms with Crippen LogP contribution in [0.4, 0.5) is 0 Å². The van der Waals surface area contributed by atoms with E-state index in [-0.39, 0.29) is 0 Å². The van der Waals surface area contributed by atoms with Gasteiger partial charge in [0.05, 0.1) is 5.54 Å². The molecule has 2 N–H and O–H groups in total. The Bertz CT molecular complexity index is 798. The van der Waals surface area contributed by atoms with Crippen molar-refractivity contribution in [1.82, 2.24) is 4.98 Å². The summed E-state index contributed by atoms with van der Waals surface area (Å²) in [7, 11) is 0. The Balaban J connectivity index is 2.22. The monoisotopic (exact) mass is 276 g/mol. The number of fused-ring (bicyclic) bond motifs is 1. The molecule has 1 atom stereocenters. The Morgan fingerprint density at radius 2 is 1.81 bits per heavy atom. The lowest BCUT2D eigenvalue weighted by Crippen LogP contribution is -2.34. The minimum Gasteiger partial charge on any atom is -0.318 e. The third-order valence-corrected chi connectivity index (χ3v) is 4.35. The second kappa shape index (κ2) is 4.97. The highest BCUT2D eigenvalue weighted by atomic mass is 14.7. The fourth-order valence-corrected chi connectivity index (χ4v) is 2.79. The maximum atomic E-state index is 6.72. The van der Waals surface area contributed by atoms with Crippen LogP contribution in [0.2, 0.25) is 0 Å². The zero-order valence-electron chi connectivity index (χ0n) is 12.7. The van der Waals surface area contributed by atoms with Gasteiger partial charge < -0.3 is 5.73 Å². The molecule has 0 saturated heterocycles. The number of aromatic nitrogens is 1. The van der Waals surface area contributed by atoms with Gasteiger partial charge in [-0.05, 0) is 54.5 Å². The van der Waals surface area contributed by atoms with E-state index >= 15 is 0 Å². The molecule has 106 valence electrons. The van der Waals surface area contributed by atoms with Gasteiger partial charge >= 0.3 is 0 Å². The minimum atomic E-state index is -0.541. The molecule has 2 aromatic carbocycles. The normalized spacial score (nSPS) is 14.1. The Morgan fingerprint density at radius 3 is 2.57 bits per heavy atom. The second-order valence-electron chi connectivity index (χ2n) is 5.90. The van der Waals surface area contributed by atoms with Gasteiger partial charge in [-0.2, -0.15) is 0 Å². The molecule has 1 aromatic heterocycles. The van der Waals surface area contributed by atoms with E-state index in [2.05, 4.69) is 62.2 Å². The summed E-state index contributed by atoms with van der Waals surface area (Å²) in [6, 6.07) is 14.7. The van der Waals surface area contributed by atoms with E-state index in [0.29, 0.717) is 0 Å². The predicted octanol–water partition coefficient (Wildman–Crippen LogP) is 4.07. The predicted molar refractivity (Wildman–Crippen MR) is 88.3 cm³/mol. The molecule has 2 nitrogen and oxygen atoms in total. The van der Waals surface area contributed by atoms with Crippen LogP contribution in [0.1, 0.15) is 29.2 Å². The molecule has 3 rings (SSSR count). The molecular weight excluding hydrogens is 256 g/mol. The van der Waals surface area contributed by atoms with E-state index in [1.54, 1.807) is 0 Å². The smallest absolute Gasteiger partial charge is 0.0643 e. The quantitative estimate of drug-likeness (QED) is 0.766. The van der Waals surface area contributed by atoms with Crippen molar-refractivity contribution in [3.63, 3.8) is 0 Å². The van der Waals surface area contributed by atoms with Crippen molar-refractivity contribution in [2.45, 2.75) is 26.3 Å². The number of nitrogens with two attached hydrogens (primary N) is 1. The summed E-state index contributed by atoms with van der Waals surface area (Å²) >= 11 is 0. The zero-order valence-corrected chi connectivity index (χ0v) is 12.7. The number of hydrogen-bond donors (Lipinski definition) is 1. The van der Waals surface area contributed by atoms with Gasteiger partial charge in [-0.15, -0.1) is 0 Å². The van der Waals surface area contributed by atoms with E-state index in [0.717, 1.165) is 16.5 Å². The summed E-state index contributed by atoms with van der Waals surface area (Å²) < 4.78 is 0. The molecule has 0 radical (unpaired) electrons. The molecule has 0 bridgehead atoms. The van der Waals surface area contributed by atoms with Gasteiger partial charge in [0.1, 0.15) is 0 Å². The van der Waals surface area contributed by atoms with E-state index in [1.165, 1.54) is 16.5 Å². The molecule has 0 aliphatic carbocycles. The summed E-state index contributed by atoms with van der Waals surface area (Å²) in [6.07, 6.45) is 3.72. The Hall–Kier alpha value is -2.19. The maximum absolute atomic E-state index is 6.72. The first-order valence-electron chi connectivity index (χ1n) is 7.20. The highest BCUT2D eigenvalue weighted by Crippen LogP contribution is 2.32. The van der Waals surface area contributed by atoms with Gasteiger partial charge in [0, 0.05) is 17.8 Å². The second-order valence-corrected chi connectivity index (χ2v) is 5.90. The molecule has 0 saturated carbocycles. The first-order chi connectivity index (χ1) is 10.00. The van der Waals surface area contributed by atoms with Gasteiger partial charge in [0.25, 0.3) is 0 Å². The fraction of sp³-hybridized carbons (Fsp3) is 0.211. The first-order valence-corrected chi connectivity index (χ1v) is 7.20. The summed E-state index contributed by atoms with van der Waals surface area (Å²) in [5.74, 6) is 0. The summed E-state index contributed by atoms with van der Waals surface area (Å²) in [4.78, 5) is 4.26. The molecule has 0 spiro atoms. The average molecular weight is 276 g/mol. The zero-order chi connectivity index (χ0) is 15.0. The lowest BCUT2D eigenvalue weighted by atomic mass is 9.82. The summed E-state index contributed by atoms with van der Waals surface area (Å²) in [5.41, 5.74) is 11.0. The van der Waals surface area contributed by atoms with Crippen LogP contribution in [0.15, 0.2) is 54.9 Å². The highest BCUT2D eigenvalue weighted by Gasteiger charge is 2.26. The third-order valence-electron chi connectivity index (χ3n) is 4.35. The third kappa shape index (κ3) is 2.32. The molecule has 1 heterocycles. The molecule has 0 fully saturated rings. The lowest BCUT2D eigenvalue weighted by Gasteiger charge is -2.28. The number of benzene rings is 2. The fourth-order valence-electron chi connectivity index (χ4n) is 2.79. The van der Waals surface area contributed by atoms with Crippen LogP contribution >= 0.6 is 0 Å². The van der Waals surface area contributed by atoms with Crippen LogP contribution in [0.5, 0.6) is 0 Å². The molecule has 1 unspecified atom stereocenters. The van der Waals surface area contributed by atoms with Crippen LogP contribution in [-0.4, -0.2) is 4.98 Å². The Kier molecular flexibility index (Phi) is 3.26. The topological polar surface area (TPSA) is 38.9 Å². The van der Waals surface area contributed by atoms with E-state index in [9.17, 15) is 0 Å². The standard InChI is InChI=1S/C19H20N2/c1-13-7-8-16(11-14(13)2)19(3,20)18-6-4-5-15-9-10-21-12-17(15)18/h4-12H,20H2,1-3H3. The van der Waals surface area contributed by atoms with Crippen molar-refractivity contribution in [3.05, 3.63) is 77.1 Å². The number of nitrogens with zero attached hydrogens (tertiary/aromatic N) is 1. The van der Waals surface area contributed by atoms with Crippen LogP contribution in [0, 0.1) is 13.8 Å². The van der Waals surface area contributed by atoms with Gasteiger partial charge in [0.2, 0.25) is 0 Å². The molecular formula is C19H20N2. The summed E-state index contributed by atoms with van der Waals surface area (Å²) in [5, 5.41) is 2.28. The van der Waals surface area contributed by atoms with Crippen LogP contribution in [0.25, 0.3) is 10.8 Å². The Labute approximate surface area is 125 Å². The van der Waals surface area contributed by atoms with Crippen LogP contribution < -0.4 is 5.73 Å². The molecule has 2 heteroatoms. The van der Waals surface area contributed by atoms with Crippen molar-refractivity contribution in [2.24, 2.45) is 5.73 Å². The van der Waals surface area contributed by atoms with Crippen molar-refractivity contribution in [3.8, 4) is 0 Å². The Morgan fingerprint density at radius 1 is 1.00 bits per heavy atom. The molecule has 3 aromatic rings. The van der Waals surface area contributed by atoms with Crippen molar-refractivity contribution in [1.29, 1.82) is 0 Å². The molecule has 0 amide bonds. The largest absolute Gasteiger partial charge is 0.318 e.